The van der Waals surface area contributed by atoms with E-state index >= 15 is 0 Å². The molecular weight excluding hydrogens is 284 g/mol. The molecule has 0 saturated carbocycles. The maximum atomic E-state index is 4.49. The summed E-state index contributed by atoms with van der Waals surface area (Å²) in [6.07, 6.45) is 3.28. The van der Waals surface area contributed by atoms with Gasteiger partial charge in [0.25, 0.3) is 0 Å². The van der Waals surface area contributed by atoms with Crippen LogP contribution < -0.4 is 4.90 Å². The van der Waals surface area contributed by atoms with Gasteiger partial charge in [0.1, 0.15) is 5.82 Å². The lowest BCUT2D eigenvalue weighted by atomic mass is 9.82. The fourth-order valence-corrected chi connectivity index (χ4v) is 3.67. The average molecular weight is 306 g/mol. The van der Waals surface area contributed by atoms with Crippen molar-refractivity contribution in [2.45, 2.75) is 32.6 Å². The van der Waals surface area contributed by atoms with Crippen molar-refractivity contribution in [3.63, 3.8) is 0 Å². The quantitative estimate of drug-likeness (QED) is 0.726. The molecule has 3 aromatic rings. The zero-order chi connectivity index (χ0) is 16.0. The fourth-order valence-electron chi connectivity index (χ4n) is 3.67. The summed E-state index contributed by atoms with van der Waals surface area (Å²) in [5, 5.41) is 4.48. The molecule has 0 amide bonds. The maximum absolute atomic E-state index is 4.49. The van der Waals surface area contributed by atoms with Gasteiger partial charge in [-0.2, -0.15) is 5.10 Å². The first-order chi connectivity index (χ1) is 11.0. The van der Waals surface area contributed by atoms with Crippen molar-refractivity contribution >= 4 is 11.3 Å². The summed E-state index contributed by atoms with van der Waals surface area (Å²) in [7, 11) is 0. The van der Waals surface area contributed by atoms with Crippen LogP contribution in [0.15, 0.2) is 42.6 Å². The number of aryl methyl sites for hydroxylation is 2. The molecule has 0 aliphatic carbocycles. The van der Waals surface area contributed by atoms with Crippen LogP contribution in [-0.2, 0) is 5.41 Å². The van der Waals surface area contributed by atoms with Gasteiger partial charge in [-0.3, -0.25) is 0 Å². The zero-order valence-corrected chi connectivity index (χ0v) is 14.0. The Morgan fingerprint density at radius 1 is 1.13 bits per heavy atom. The molecule has 4 heteroatoms. The number of hydrogen-bond donors (Lipinski definition) is 0. The standard InChI is InChI=1S/C19H22N4/c1-14-11-17(12-23-18(14)20-15(2)21-23)22-10-9-19(3,13-22)16-7-5-4-6-8-16/h4-8,11-12H,9-10,13H2,1-3H3/t19-/m0/s1. The highest BCUT2D eigenvalue weighted by atomic mass is 15.3. The van der Waals surface area contributed by atoms with Gasteiger partial charge in [0.15, 0.2) is 5.65 Å². The second-order valence-corrected chi connectivity index (χ2v) is 6.91. The predicted octanol–water partition coefficient (Wildman–Crippen LogP) is 3.51. The topological polar surface area (TPSA) is 33.4 Å². The summed E-state index contributed by atoms with van der Waals surface area (Å²) in [4.78, 5) is 6.96. The number of aromatic nitrogens is 3. The van der Waals surface area contributed by atoms with E-state index in [9.17, 15) is 0 Å². The smallest absolute Gasteiger partial charge is 0.158 e. The highest BCUT2D eigenvalue weighted by Crippen LogP contribution is 2.36. The van der Waals surface area contributed by atoms with Crippen molar-refractivity contribution in [1.29, 1.82) is 0 Å². The Hall–Kier alpha value is -2.36. The monoisotopic (exact) mass is 306 g/mol. The minimum Gasteiger partial charge on any atom is -0.369 e. The van der Waals surface area contributed by atoms with Crippen LogP contribution in [0.3, 0.4) is 0 Å². The summed E-state index contributed by atoms with van der Waals surface area (Å²) < 4.78 is 1.91. The second-order valence-electron chi connectivity index (χ2n) is 6.91. The number of fused-ring (bicyclic) bond motifs is 1. The summed E-state index contributed by atoms with van der Waals surface area (Å²) in [5.74, 6) is 0.820. The Balaban J connectivity index is 1.67. The number of nitrogens with zero attached hydrogens (tertiary/aromatic N) is 4. The van der Waals surface area contributed by atoms with E-state index in [0.29, 0.717) is 0 Å². The molecule has 0 spiro atoms. The van der Waals surface area contributed by atoms with Crippen LogP contribution in [0.2, 0.25) is 0 Å². The number of hydrogen-bond acceptors (Lipinski definition) is 3. The van der Waals surface area contributed by atoms with E-state index in [-0.39, 0.29) is 5.41 Å². The van der Waals surface area contributed by atoms with Gasteiger partial charge in [0.2, 0.25) is 0 Å². The minimum atomic E-state index is 0.211. The highest BCUT2D eigenvalue weighted by Gasteiger charge is 2.35. The normalized spacial score (nSPS) is 21.3. The third kappa shape index (κ3) is 2.38. The van der Waals surface area contributed by atoms with Gasteiger partial charge in [0.05, 0.1) is 11.9 Å². The van der Waals surface area contributed by atoms with Crippen molar-refractivity contribution in [3.05, 3.63) is 59.5 Å². The molecule has 1 aromatic carbocycles. The molecule has 4 nitrogen and oxygen atoms in total. The molecule has 0 N–H and O–H groups in total. The molecule has 2 aromatic heterocycles. The lowest BCUT2D eigenvalue weighted by Gasteiger charge is -2.26. The van der Waals surface area contributed by atoms with Crippen molar-refractivity contribution in [2.75, 3.05) is 18.0 Å². The van der Waals surface area contributed by atoms with Crippen LogP contribution in [-0.4, -0.2) is 27.7 Å². The number of pyridine rings is 1. The van der Waals surface area contributed by atoms with Gasteiger partial charge in [-0.25, -0.2) is 9.50 Å². The summed E-state index contributed by atoms with van der Waals surface area (Å²) in [6.45, 7) is 8.53. The third-order valence-electron chi connectivity index (χ3n) is 5.02. The van der Waals surface area contributed by atoms with Crippen LogP contribution in [0.5, 0.6) is 0 Å². The lowest BCUT2D eigenvalue weighted by molar-refractivity contribution is 0.531. The number of rotatable bonds is 2. The Morgan fingerprint density at radius 2 is 1.91 bits per heavy atom. The average Bonchev–Trinajstić information content (AvgIpc) is 3.12. The summed E-state index contributed by atoms with van der Waals surface area (Å²) in [5.41, 5.74) is 5.01. The van der Waals surface area contributed by atoms with Gasteiger partial charge >= 0.3 is 0 Å². The van der Waals surface area contributed by atoms with Crippen LogP contribution in [0.25, 0.3) is 5.65 Å². The van der Waals surface area contributed by atoms with Gasteiger partial charge in [-0.05, 0) is 37.5 Å². The number of anilines is 1. The molecule has 0 radical (unpaired) electrons. The Kier molecular flexibility index (Phi) is 3.15. The SMILES string of the molecule is Cc1nc2c(C)cc(N3CC[C@](C)(c4ccccc4)C3)cn2n1. The highest BCUT2D eigenvalue weighted by molar-refractivity contribution is 5.58. The van der Waals surface area contributed by atoms with E-state index < -0.39 is 0 Å². The largest absolute Gasteiger partial charge is 0.369 e. The summed E-state index contributed by atoms with van der Waals surface area (Å²) >= 11 is 0. The van der Waals surface area contributed by atoms with Crippen LogP contribution >= 0.6 is 0 Å². The fraction of sp³-hybridized carbons (Fsp3) is 0.368. The van der Waals surface area contributed by atoms with Crippen molar-refractivity contribution in [3.8, 4) is 0 Å². The Morgan fingerprint density at radius 3 is 2.70 bits per heavy atom. The number of benzene rings is 1. The first kappa shape index (κ1) is 14.2. The van der Waals surface area contributed by atoms with E-state index in [4.69, 9.17) is 0 Å². The van der Waals surface area contributed by atoms with E-state index in [1.165, 1.54) is 23.2 Å². The predicted molar refractivity (Wildman–Crippen MR) is 93.1 cm³/mol. The van der Waals surface area contributed by atoms with Gasteiger partial charge in [0, 0.05) is 18.5 Å². The molecule has 0 bridgehead atoms. The molecule has 3 heterocycles. The van der Waals surface area contributed by atoms with Crippen LogP contribution in [0, 0.1) is 13.8 Å². The van der Waals surface area contributed by atoms with Gasteiger partial charge < -0.3 is 4.90 Å². The Labute approximate surface area is 136 Å². The van der Waals surface area contributed by atoms with Crippen LogP contribution in [0.4, 0.5) is 5.69 Å². The molecular formula is C19H22N4. The molecule has 0 unspecified atom stereocenters. The molecule has 4 rings (SSSR count). The lowest BCUT2D eigenvalue weighted by Crippen LogP contribution is -2.28. The zero-order valence-electron chi connectivity index (χ0n) is 14.0. The van der Waals surface area contributed by atoms with Gasteiger partial charge in [-0.1, -0.05) is 37.3 Å². The molecule has 1 fully saturated rings. The molecule has 1 atom stereocenters. The maximum Gasteiger partial charge on any atom is 0.158 e. The second kappa shape index (κ2) is 5.08. The molecule has 1 aliphatic rings. The Bertz CT molecular complexity index is 852. The summed E-state index contributed by atoms with van der Waals surface area (Å²) in [6, 6.07) is 13.1. The van der Waals surface area contributed by atoms with Crippen LogP contribution in [0.1, 0.15) is 30.3 Å². The molecule has 118 valence electrons. The molecule has 23 heavy (non-hydrogen) atoms. The van der Waals surface area contributed by atoms with E-state index in [1.807, 2.05) is 11.4 Å². The minimum absolute atomic E-state index is 0.211. The third-order valence-corrected chi connectivity index (χ3v) is 5.02. The molecule has 1 aliphatic heterocycles. The van der Waals surface area contributed by atoms with Crippen molar-refractivity contribution in [2.24, 2.45) is 0 Å². The van der Waals surface area contributed by atoms with Crippen molar-refractivity contribution < 1.29 is 0 Å². The van der Waals surface area contributed by atoms with E-state index in [0.717, 1.165) is 24.6 Å². The molecule has 1 saturated heterocycles. The van der Waals surface area contributed by atoms with E-state index in [2.05, 4.69) is 71.4 Å². The van der Waals surface area contributed by atoms with E-state index in [1.54, 1.807) is 0 Å². The first-order valence-electron chi connectivity index (χ1n) is 8.19. The van der Waals surface area contributed by atoms with Gasteiger partial charge in [-0.15, -0.1) is 0 Å². The first-order valence-corrected chi connectivity index (χ1v) is 8.19. The van der Waals surface area contributed by atoms with Crippen molar-refractivity contribution in [1.82, 2.24) is 14.6 Å².